The van der Waals surface area contributed by atoms with Gasteiger partial charge in [-0.05, 0) is 5.56 Å². The van der Waals surface area contributed by atoms with Crippen LogP contribution in [-0.4, -0.2) is 21.6 Å². The van der Waals surface area contributed by atoms with Gasteiger partial charge < -0.3 is 5.73 Å². The van der Waals surface area contributed by atoms with Gasteiger partial charge in [-0.2, -0.15) is 0 Å². The summed E-state index contributed by atoms with van der Waals surface area (Å²) < 4.78 is 0. The van der Waals surface area contributed by atoms with Crippen molar-refractivity contribution in [2.45, 2.75) is 10.9 Å². The van der Waals surface area contributed by atoms with Gasteiger partial charge in [0.1, 0.15) is 5.03 Å². The molecule has 1 heterocycles. The summed E-state index contributed by atoms with van der Waals surface area (Å²) in [6.07, 6.45) is 3.10. The number of carbonyl (C=O) groups is 1. The Hall–Kier alpha value is -2.12. The number of hydrazine groups is 1. The van der Waals surface area contributed by atoms with Crippen molar-refractivity contribution in [3.63, 3.8) is 0 Å². The lowest BCUT2D eigenvalue weighted by molar-refractivity contribution is -0.122. The van der Waals surface area contributed by atoms with Crippen LogP contribution in [0.25, 0.3) is 0 Å². The van der Waals surface area contributed by atoms with E-state index in [2.05, 4.69) is 15.4 Å². The molecule has 5 N–H and O–H groups in total. The fourth-order valence-electron chi connectivity index (χ4n) is 1.72. The van der Waals surface area contributed by atoms with Crippen LogP contribution >= 0.6 is 11.8 Å². The summed E-state index contributed by atoms with van der Waals surface area (Å²) in [5.74, 6) is 5.48. The molecule has 1 unspecified atom stereocenters. The molecule has 0 aliphatic carbocycles. The van der Waals surface area contributed by atoms with Gasteiger partial charge in [-0.3, -0.25) is 10.2 Å². The molecule has 20 heavy (non-hydrogen) atoms. The number of anilines is 1. The van der Waals surface area contributed by atoms with Gasteiger partial charge in [0.05, 0.1) is 5.92 Å². The van der Waals surface area contributed by atoms with Gasteiger partial charge >= 0.3 is 0 Å². The molecular weight excluding hydrogens is 274 g/mol. The number of nitrogens with two attached hydrogens (primary N) is 2. The van der Waals surface area contributed by atoms with Crippen molar-refractivity contribution in [3.8, 4) is 0 Å². The van der Waals surface area contributed by atoms with Crippen molar-refractivity contribution < 1.29 is 4.79 Å². The van der Waals surface area contributed by atoms with E-state index in [9.17, 15) is 4.79 Å². The summed E-state index contributed by atoms with van der Waals surface area (Å²) in [6, 6.07) is 9.44. The third-order valence-electron chi connectivity index (χ3n) is 2.74. The van der Waals surface area contributed by atoms with Gasteiger partial charge in [0.15, 0.2) is 5.82 Å². The topological polar surface area (TPSA) is 107 Å². The predicted molar refractivity (Wildman–Crippen MR) is 78.7 cm³/mol. The molecule has 2 aromatic rings. The van der Waals surface area contributed by atoms with E-state index in [1.54, 1.807) is 6.20 Å². The molecule has 0 fully saturated rings. The Bertz CT molecular complexity index is 578. The lowest BCUT2D eigenvalue weighted by Gasteiger charge is -2.15. The fourth-order valence-corrected chi connectivity index (χ4v) is 2.72. The molecule has 0 spiro atoms. The van der Waals surface area contributed by atoms with E-state index in [1.165, 1.54) is 18.0 Å². The summed E-state index contributed by atoms with van der Waals surface area (Å²) in [4.78, 5) is 20.0. The second-order valence-electron chi connectivity index (χ2n) is 4.03. The first-order chi connectivity index (χ1) is 9.72. The fraction of sp³-hybridized carbons (Fsp3) is 0.154. The van der Waals surface area contributed by atoms with Crippen LogP contribution in [0.5, 0.6) is 0 Å². The first-order valence-electron chi connectivity index (χ1n) is 5.97. The quantitative estimate of drug-likeness (QED) is 0.327. The number of carbonyl (C=O) groups excluding carboxylic acids is 1. The van der Waals surface area contributed by atoms with E-state index < -0.39 is 0 Å². The van der Waals surface area contributed by atoms with E-state index in [-0.39, 0.29) is 11.8 Å². The summed E-state index contributed by atoms with van der Waals surface area (Å²) in [7, 11) is 0. The summed E-state index contributed by atoms with van der Waals surface area (Å²) in [5.41, 5.74) is 8.82. The molecule has 0 saturated heterocycles. The van der Waals surface area contributed by atoms with Crippen LogP contribution in [0.2, 0.25) is 0 Å². The molecule has 104 valence electrons. The maximum atomic E-state index is 11.9. The van der Waals surface area contributed by atoms with Crippen LogP contribution in [0, 0.1) is 0 Å². The number of nitrogens with one attached hydrogen (secondary N) is 1. The van der Waals surface area contributed by atoms with Gasteiger partial charge in [0.25, 0.3) is 0 Å². The van der Waals surface area contributed by atoms with Crippen LogP contribution in [0.15, 0.2) is 47.8 Å². The van der Waals surface area contributed by atoms with E-state index >= 15 is 0 Å². The highest BCUT2D eigenvalue weighted by Gasteiger charge is 2.20. The molecule has 2 rings (SSSR count). The number of hydrogen-bond donors (Lipinski definition) is 3. The number of rotatable bonds is 5. The Labute approximate surface area is 121 Å². The molecule has 7 heteroatoms. The Morgan fingerprint density at radius 1 is 1.25 bits per heavy atom. The van der Waals surface area contributed by atoms with E-state index in [0.29, 0.717) is 16.6 Å². The Kier molecular flexibility index (Phi) is 4.91. The number of hydrogen-bond acceptors (Lipinski definition) is 6. The smallest absolute Gasteiger partial charge is 0.242 e. The number of nitrogen functional groups attached to an aromatic ring is 1. The molecule has 0 radical (unpaired) electrons. The zero-order valence-electron chi connectivity index (χ0n) is 10.7. The van der Waals surface area contributed by atoms with Crippen LogP contribution in [0.4, 0.5) is 5.82 Å². The van der Waals surface area contributed by atoms with Gasteiger partial charge in [-0.15, -0.1) is 11.8 Å². The van der Waals surface area contributed by atoms with Gasteiger partial charge in [0.2, 0.25) is 5.91 Å². The molecule has 0 bridgehead atoms. The van der Waals surface area contributed by atoms with Gasteiger partial charge in [-0.25, -0.2) is 15.8 Å². The third kappa shape index (κ3) is 3.46. The monoisotopic (exact) mass is 289 g/mol. The van der Waals surface area contributed by atoms with E-state index in [0.717, 1.165) is 5.56 Å². The van der Waals surface area contributed by atoms with Crippen molar-refractivity contribution >= 4 is 23.5 Å². The van der Waals surface area contributed by atoms with Crippen molar-refractivity contribution in [2.75, 3.05) is 11.5 Å². The highest BCUT2D eigenvalue weighted by Crippen LogP contribution is 2.27. The molecule has 1 aromatic heterocycles. The average Bonchev–Trinajstić information content (AvgIpc) is 2.50. The van der Waals surface area contributed by atoms with Crippen LogP contribution in [0.1, 0.15) is 11.5 Å². The van der Waals surface area contributed by atoms with Crippen LogP contribution in [-0.2, 0) is 4.79 Å². The van der Waals surface area contributed by atoms with Gasteiger partial charge in [0, 0.05) is 18.1 Å². The molecule has 0 aliphatic heterocycles. The highest BCUT2D eigenvalue weighted by atomic mass is 32.2. The molecular formula is C13H15N5OS. The normalized spacial score (nSPS) is 11.8. The second-order valence-corrected chi connectivity index (χ2v) is 5.04. The Balaban J connectivity index is 2.14. The van der Waals surface area contributed by atoms with Crippen LogP contribution < -0.4 is 17.0 Å². The third-order valence-corrected chi connectivity index (χ3v) is 3.83. The molecule has 1 amide bonds. The molecule has 1 aromatic carbocycles. The summed E-state index contributed by atoms with van der Waals surface area (Å²) in [5, 5.41) is 0.609. The largest absolute Gasteiger partial charge is 0.381 e. The minimum absolute atomic E-state index is 0.244. The lowest BCUT2D eigenvalue weighted by Crippen LogP contribution is -2.35. The minimum atomic E-state index is -0.368. The first kappa shape index (κ1) is 14.3. The number of aromatic nitrogens is 2. The van der Waals surface area contributed by atoms with Crippen LogP contribution in [0.3, 0.4) is 0 Å². The SMILES string of the molecule is NNC(=O)C(CSc1nccnc1N)c1ccccc1. The summed E-state index contributed by atoms with van der Waals surface area (Å²) in [6.45, 7) is 0. The standard InChI is InChI=1S/C13H15N5OS/c14-11-13(17-7-6-16-11)20-8-10(12(19)18-15)9-4-2-1-3-5-9/h1-7,10H,8,15H2,(H2,14,16)(H,18,19). The average molecular weight is 289 g/mol. The number of amides is 1. The predicted octanol–water partition coefficient (Wildman–Crippen LogP) is 0.925. The highest BCUT2D eigenvalue weighted by molar-refractivity contribution is 7.99. The van der Waals surface area contributed by atoms with Crippen molar-refractivity contribution in [1.29, 1.82) is 0 Å². The van der Waals surface area contributed by atoms with Gasteiger partial charge in [-0.1, -0.05) is 30.3 Å². The van der Waals surface area contributed by atoms with Crippen molar-refractivity contribution in [1.82, 2.24) is 15.4 Å². The molecule has 1 atom stereocenters. The Morgan fingerprint density at radius 2 is 1.95 bits per heavy atom. The molecule has 0 saturated carbocycles. The number of nitrogens with zero attached hydrogens (tertiary/aromatic N) is 2. The van der Waals surface area contributed by atoms with E-state index in [4.69, 9.17) is 11.6 Å². The maximum absolute atomic E-state index is 11.9. The zero-order valence-corrected chi connectivity index (χ0v) is 11.5. The van der Waals surface area contributed by atoms with Crippen molar-refractivity contribution in [3.05, 3.63) is 48.3 Å². The zero-order chi connectivity index (χ0) is 14.4. The maximum Gasteiger partial charge on any atom is 0.242 e. The second kappa shape index (κ2) is 6.88. The molecule has 6 nitrogen and oxygen atoms in total. The number of benzene rings is 1. The minimum Gasteiger partial charge on any atom is -0.381 e. The summed E-state index contributed by atoms with van der Waals surface area (Å²) >= 11 is 1.38. The lowest BCUT2D eigenvalue weighted by atomic mass is 10.0. The Morgan fingerprint density at radius 3 is 2.60 bits per heavy atom. The first-order valence-corrected chi connectivity index (χ1v) is 6.95. The van der Waals surface area contributed by atoms with Crippen molar-refractivity contribution in [2.24, 2.45) is 5.84 Å². The molecule has 0 aliphatic rings. The van der Waals surface area contributed by atoms with E-state index in [1.807, 2.05) is 30.3 Å². The number of thioether (sulfide) groups is 1.